The van der Waals surface area contributed by atoms with E-state index in [9.17, 15) is 0 Å². The van der Waals surface area contributed by atoms with Crippen molar-refractivity contribution >= 4 is 85.6 Å². The maximum Gasteiger partial charge on any atom is 0.164 e. The number of hydrogen-bond acceptors (Lipinski definition) is 16. The Morgan fingerprint density at radius 1 is 0.186 bits per heavy atom. The maximum atomic E-state index is 5.05. The zero-order valence-electron chi connectivity index (χ0n) is 62.9. The highest BCUT2D eigenvalue weighted by molar-refractivity contribution is 7.26. The summed E-state index contributed by atoms with van der Waals surface area (Å²) in [6.45, 7) is 0. The number of pyridine rings is 1. The lowest BCUT2D eigenvalue weighted by Gasteiger charge is -2.11. The van der Waals surface area contributed by atoms with E-state index >= 15 is 0 Å². The Morgan fingerprint density at radius 2 is 0.500 bits per heavy atom. The molecule has 0 fully saturated rings. The molecule has 0 atom stereocenters. The lowest BCUT2D eigenvalue weighted by atomic mass is 9.96. The summed E-state index contributed by atoms with van der Waals surface area (Å²) in [4.78, 5) is 56.0. The molecule has 118 heavy (non-hydrogen) atoms. The number of nitrogens with zero attached hydrogens (tertiary/aromatic N) is 14. The van der Waals surface area contributed by atoms with Gasteiger partial charge in [-0.2, -0.15) is 0 Å². The van der Waals surface area contributed by atoms with Gasteiger partial charge in [0, 0.05) is 55.3 Å². The summed E-state index contributed by atoms with van der Waals surface area (Å²) in [5.74, 6) is 3.73. The van der Waals surface area contributed by atoms with Gasteiger partial charge in [-0.1, -0.05) is 309 Å². The van der Waals surface area contributed by atoms with Gasteiger partial charge in [0.25, 0.3) is 0 Å². The average molecular weight is 1550 g/mol. The molecule has 8 heterocycles. The third-order valence-corrected chi connectivity index (χ3v) is 23.2. The van der Waals surface area contributed by atoms with E-state index in [2.05, 4.69) is 275 Å². The van der Waals surface area contributed by atoms with Crippen LogP contribution < -0.4 is 0 Å². The predicted molar refractivity (Wildman–Crippen MR) is 479 cm³/mol. The van der Waals surface area contributed by atoms with E-state index in [1.165, 1.54) is 0 Å². The lowest BCUT2D eigenvalue weighted by molar-refractivity contribution is 0.904. The second kappa shape index (κ2) is 30.7. The topological polar surface area (TPSA) is 180 Å². The largest absolute Gasteiger partial charge is 0.241 e. The molecule has 22 rings (SSSR count). The highest BCUT2D eigenvalue weighted by Gasteiger charge is 2.22. The molecule has 14 nitrogen and oxygen atoms in total. The molecule has 0 aliphatic heterocycles. The van der Waals surface area contributed by atoms with Crippen molar-refractivity contribution in [2.45, 2.75) is 0 Å². The summed E-state index contributed by atoms with van der Waals surface area (Å²) in [5, 5.41) is 15.3. The summed E-state index contributed by atoms with van der Waals surface area (Å²) in [5.41, 5.74) is 27.5. The van der Waals surface area contributed by atoms with E-state index in [-0.39, 0.29) is 0 Å². The van der Waals surface area contributed by atoms with Crippen LogP contribution in [-0.4, -0.2) is 70.2 Å². The van der Waals surface area contributed by atoms with Gasteiger partial charge in [0.1, 0.15) is 38.2 Å². The highest BCUT2D eigenvalue weighted by atomic mass is 32.1. The van der Waals surface area contributed by atoms with E-state index < -0.39 is 0 Å². The fourth-order valence-corrected chi connectivity index (χ4v) is 17.3. The molecule has 8 aromatic heterocycles. The van der Waals surface area contributed by atoms with Crippen LogP contribution in [0.3, 0.4) is 0 Å². The minimum atomic E-state index is 0.612. The Hall–Kier alpha value is -15.6. The van der Waals surface area contributed by atoms with Crippen LogP contribution in [0.1, 0.15) is 0 Å². The first-order chi connectivity index (χ1) is 58.4. The molecular formula is C102H62N14S2. The van der Waals surface area contributed by atoms with Crippen LogP contribution in [0.15, 0.2) is 376 Å². The Bertz CT molecular complexity index is 7110. The maximum absolute atomic E-state index is 5.05. The third kappa shape index (κ3) is 14.0. The first-order valence-corrected chi connectivity index (χ1v) is 40.2. The average Bonchev–Trinajstić information content (AvgIpc) is 1.60. The van der Waals surface area contributed by atoms with Crippen molar-refractivity contribution in [3.05, 3.63) is 376 Å². The van der Waals surface area contributed by atoms with Crippen molar-refractivity contribution in [3.63, 3.8) is 0 Å². The first-order valence-electron chi connectivity index (χ1n) is 38.6. The van der Waals surface area contributed by atoms with Gasteiger partial charge in [0.2, 0.25) is 0 Å². The van der Waals surface area contributed by atoms with E-state index in [4.69, 9.17) is 49.8 Å². The molecule has 0 saturated carbocycles. The SMILES string of the molecule is c1ccc(-c2ccc(-c3nc(-c4ccccc4)nc(-c4cccc(-c5cccc(-c6cccc(-c7ncnc8c7sc7nc9ccccc9nc78)c6)c5)c4)n3)cc2)cc1.c1ccc(-c2ccc(-c3nc(-c4ccccc4)nc(-c4cccc(-c5cccc(-c6cccc(-c7nnnc8c7sc7nc9ccccc9cc78)c6)c5)c4)n3)cc2)cc1. The number of para-hydroxylation sites is 3. The fourth-order valence-electron chi connectivity index (χ4n) is 15.1. The van der Waals surface area contributed by atoms with Crippen molar-refractivity contribution in [1.29, 1.82) is 0 Å². The van der Waals surface area contributed by atoms with Gasteiger partial charge in [0.15, 0.2) is 34.9 Å². The van der Waals surface area contributed by atoms with Crippen LogP contribution in [0.4, 0.5) is 0 Å². The minimum absolute atomic E-state index is 0.612. The lowest BCUT2D eigenvalue weighted by Crippen LogP contribution is -2.00. The van der Waals surface area contributed by atoms with Crippen LogP contribution >= 0.6 is 22.7 Å². The quantitative estimate of drug-likeness (QED) is 0.100. The molecule has 0 amide bonds. The monoisotopic (exact) mass is 1550 g/mol. The normalized spacial score (nSPS) is 11.4. The Balaban J connectivity index is 0.000000147. The van der Waals surface area contributed by atoms with E-state index in [0.29, 0.717) is 34.9 Å². The van der Waals surface area contributed by atoms with Crippen molar-refractivity contribution < 1.29 is 0 Å². The van der Waals surface area contributed by atoms with Crippen molar-refractivity contribution in [1.82, 2.24) is 70.2 Å². The Morgan fingerprint density at radius 3 is 0.966 bits per heavy atom. The summed E-state index contributed by atoms with van der Waals surface area (Å²) >= 11 is 3.19. The number of aromatic nitrogens is 14. The second-order valence-electron chi connectivity index (χ2n) is 28.5. The molecular weight excluding hydrogens is 1490 g/mol. The zero-order chi connectivity index (χ0) is 78.2. The molecule has 0 bridgehead atoms. The van der Waals surface area contributed by atoms with Crippen LogP contribution in [0, 0.1) is 0 Å². The smallest absolute Gasteiger partial charge is 0.164 e. The number of rotatable bonds is 14. The molecule has 552 valence electrons. The van der Waals surface area contributed by atoms with Gasteiger partial charge >= 0.3 is 0 Å². The number of fused-ring (bicyclic) bond motifs is 8. The Labute approximate surface area is 685 Å². The molecule has 0 aliphatic rings. The number of thiophene rings is 2. The molecule has 0 unspecified atom stereocenters. The zero-order valence-corrected chi connectivity index (χ0v) is 64.5. The molecule has 0 aliphatic carbocycles. The summed E-state index contributed by atoms with van der Waals surface area (Å²) in [7, 11) is 0. The van der Waals surface area contributed by atoms with Gasteiger partial charge in [-0.05, 0) is 133 Å². The fraction of sp³-hybridized carbons (Fsp3) is 0. The van der Waals surface area contributed by atoms with Gasteiger partial charge in [0.05, 0.1) is 31.6 Å². The van der Waals surface area contributed by atoms with Crippen molar-refractivity contribution in [2.24, 2.45) is 0 Å². The van der Waals surface area contributed by atoms with Crippen LogP contribution in [-0.2, 0) is 0 Å². The Kier molecular flexibility index (Phi) is 18.3. The minimum Gasteiger partial charge on any atom is -0.241 e. The second-order valence-corrected chi connectivity index (χ2v) is 30.5. The molecule has 14 aromatic carbocycles. The van der Waals surface area contributed by atoms with E-state index in [1.54, 1.807) is 29.0 Å². The van der Waals surface area contributed by atoms with Crippen molar-refractivity contribution in [3.8, 4) is 158 Å². The summed E-state index contributed by atoms with van der Waals surface area (Å²) < 4.78 is 1.95. The van der Waals surface area contributed by atoms with Crippen LogP contribution in [0.2, 0.25) is 0 Å². The van der Waals surface area contributed by atoms with Crippen LogP contribution in [0.5, 0.6) is 0 Å². The molecule has 0 spiro atoms. The summed E-state index contributed by atoms with van der Waals surface area (Å²) in [6.07, 6.45) is 1.63. The summed E-state index contributed by atoms with van der Waals surface area (Å²) in [6, 6.07) is 127. The molecule has 0 saturated heterocycles. The van der Waals surface area contributed by atoms with E-state index in [0.717, 1.165) is 186 Å². The molecule has 22 aromatic rings. The number of benzene rings is 14. The van der Waals surface area contributed by atoms with Gasteiger partial charge in [-0.3, -0.25) is 0 Å². The van der Waals surface area contributed by atoms with Crippen molar-refractivity contribution in [2.75, 3.05) is 0 Å². The van der Waals surface area contributed by atoms with Gasteiger partial charge < -0.3 is 0 Å². The van der Waals surface area contributed by atoms with Gasteiger partial charge in [-0.25, -0.2) is 54.8 Å². The number of hydrogen-bond donors (Lipinski definition) is 0. The highest BCUT2D eigenvalue weighted by Crippen LogP contribution is 2.42. The third-order valence-electron chi connectivity index (χ3n) is 21.0. The molecule has 16 heteroatoms. The van der Waals surface area contributed by atoms with Crippen LogP contribution in [0.25, 0.3) is 221 Å². The molecule has 0 radical (unpaired) electrons. The first kappa shape index (κ1) is 70.3. The van der Waals surface area contributed by atoms with E-state index in [1.807, 2.05) is 115 Å². The standard InChI is InChI=1S/2C51H31N7S/c1-3-12-32(13-4-1)33-24-26-35(27-25-33)49-56-48(34-14-5-2-6-15-34)57-50(58-49)41-21-11-19-39(30-41)37-17-9-16-36(28-37)38-18-10-20-40(29-38)44-47-45(53-31-52-44)46-51(59-47)55-43-23-8-7-22-42(43)54-46;1-3-12-32(13-4-1)33-24-26-35(27-25-33)49-53-48(34-14-5-2-6-15-34)54-50(55-49)42-22-11-20-39(30-42)37-18-9-17-36(28-37)38-19-10-21-41(29-38)45-47-46(57-58-56-45)43-31-40-16-7-8-23-44(40)52-51(43)59-47/h2*1-31H. The predicted octanol–water partition coefficient (Wildman–Crippen LogP) is 25.3. The molecule has 0 N–H and O–H groups in total. The van der Waals surface area contributed by atoms with Gasteiger partial charge in [-0.15, -0.1) is 32.9 Å².